The van der Waals surface area contributed by atoms with E-state index in [2.05, 4.69) is 0 Å². The molecule has 0 unspecified atom stereocenters. The van der Waals surface area contributed by atoms with E-state index < -0.39 is 47.9 Å². The third kappa shape index (κ3) is 4.66. The van der Waals surface area contributed by atoms with E-state index in [1.807, 2.05) is 60.7 Å². The van der Waals surface area contributed by atoms with E-state index in [-0.39, 0.29) is 37.8 Å². The summed E-state index contributed by atoms with van der Waals surface area (Å²) in [5.74, 6) is -1.53. The highest BCUT2D eigenvalue weighted by atomic mass is 35.5. The van der Waals surface area contributed by atoms with Crippen molar-refractivity contribution in [2.24, 2.45) is 0 Å². The number of fused-ring (bicyclic) bond motifs is 2. The first-order valence-corrected chi connectivity index (χ1v) is 14.3. The van der Waals surface area contributed by atoms with Crippen LogP contribution in [-0.4, -0.2) is 58.2 Å². The molecule has 2 fully saturated rings. The lowest BCUT2D eigenvalue weighted by molar-refractivity contribution is -0.310. The van der Waals surface area contributed by atoms with Gasteiger partial charge in [0.2, 0.25) is 0 Å². The maximum Gasteiger partial charge on any atom is 0.263 e. The van der Waals surface area contributed by atoms with Gasteiger partial charge in [-0.15, -0.1) is 0 Å². The van der Waals surface area contributed by atoms with Crippen molar-refractivity contribution < 1.29 is 28.9 Å². The molecule has 1 N–H and O–H groups in total. The van der Waals surface area contributed by atoms with Gasteiger partial charge in [0.1, 0.15) is 29.8 Å². The molecule has 0 saturated carbocycles. The fourth-order valence-corrected chi connectivity index (χ4v) is 7.22. The minimum atomic E-state index is -1.34. The number of halogens is 4. The molecule has 0 bridgehead atoms. The molecule has 7 nitrogen and oxygen atoms in total. The van der Waals surface area contributed by atoms with Crippen LogP contribution in [0.3, 0.4) is 0 Å². The SMILES string of the molecule is O=C1c2c(Cl)c(Cl)c(Cl)c(Cl)c2C(=O)N1[C@@H]1[C@@H](O)[C@@H]2O[C@H](c3ccccc3)OC[C@H]2O[C@H]1Sc1ccccc1. The second-order valence-electron chi connectivity index (χ2n) is 9.12. The molecule has 3 aliphatic rings. The highest BCUT2D eigenvalue weighted by molar-refractivity contribution is 7.99. The number of hydrogen-bond acceptors (Lipinski definition) is 7. The molecule has 2 saturated heterocycles. The van der Waals surface area contributed by atoms with Crippen LogP contribution in [0.5, 0.6) is 0 Å². The minimum absolute atomic E-state index is 0.130. The van der Waals surface area contributed by atoms with Crippen LogP contribution in [0.4, 0.5) is 0 Å². The van der Waals surface area contributed by atoms with Gasteiger partial charge in [0.25, 0.3) is 11.8 Å². The normalized spacial score (nSPS) is 28.4. The topological polar surface area (TPSA) is 85.3 Å². The Labute approximate surface area is 247 Å². The summed E-state index contributed by atoms with van der Waals surface area (Å²) in [5, 5.41) is 11.1. The molecular formula is C27H19Cl4NO6S. The van der Waals surface area contributed by atoms with E-state index in [1.54, 1.807) is 0 Å². The van der Waals surface area contributed by atoms with E-state index >= 15 is 0 Å². The Morgan fingerprint density at radius 2 is 1.36 bits per heavy atom. The second kappa shape index (κ2) is 10.9. The van der Waals surface area contributed by atoms with Crippen LogP contribution in [0.25, 0.3) is 0 Å². The van der Waals surface area contributed by atoms with Gasteiger partial charge < -0.3 is 19.3 Å². The third-order valence-electron chi connectivity index (χ3n) is 6.83. The number of rotatable bonds is 4. The number of carbonyl (C=O) groups is 2. The molecule has 3 aromatic carbocycles. The van der Waals surface area contributed by atoms with Gasteiger partial charge in [0.15, 0.2) is 6.29 Å². The Kier molecular flexibility index (Phi) is 7.60. The minimum Gasteiger partial charge on any atom is -0.388 e. The number of amides is 2. The van der Waals surface area contributed by atoms with Gasteiger partial charge in [0, 0.05) is 10.5 Å². The summed E-state index contributed by atoms with van der Waals surface area (Å²) >= 11 is 26.4. The first-order chi connectivity index (χ1) is 18.8. The maximum atomic E-state index is 13.8. The number of benzene rings is 3. The van der Waals surface area contributed by atoms with Crippen molar-refractivity contribution in [3.8, 4) is 0 Å². The molecule has 202 valence electrons. The number of thioether (sulfide) groups is 1. The zero-order valence-corrected chi connectivity index (χ0v) is 23.6. The Hall–Kier alpha value is -1.85. The predicted molar refractivity (Wildman–Crippen MR) is 148 cm³/mol. The number of nitrogens with zero attached hydrogens (tertiary/aromatic N) is 1. The molecule has 2 amide bonds. The summed E-state index contributed by atoms with van der Waals surface area (Å²) in [6.45, 7) is 0.130. The molecule has 6 rings (SSSR count). The van der Waals surface area contributed by atoms with Crippen LogP contribution in [-0.2, 0) is 14.2 Å². The number of hydrogen-bond donors (Lipinski definition) is 1. The highest BCUT2D eigenvalue weighted by Gasteiger charge is 2.56. The van der Waals surface area contributed by atoms with E-state index in [0.717, 1.165) is 15.4 Å². The fraction of sp³-hybridized carbons (Fsp3) is 0.259. The van der Waals surface area contributed by atoms with Crippen LogP contribution in [0.1, 0.15) is 32.6 Å². The molecule has 3 heterocycles. The Morgan fingerprint density at radius 1 is 0.795 bits per heavy atom. The molecule has 6 atom stereocenters. The number of ether oxygens (including phenoxy) is 3. The number of carbonyl (C=O) groups excluding carboxylic acids is 2. The summed E-state index contributed by atoms with van der Waals surface area (Å²) in [6, 6.07) is 17.3. The largest absolute Gasteiger partial charge is 0.388 e. The number of aliphatic hydroxyl groups excluding tert-OH is 1. The lowest BCUT2D eigenvalue weighted by Gasteiger charge is -2.49. The number of aliphatic hydroxyl groups is 1. The molecule has 0 spiro atoms. The predicted octanol–water partition coefficient (Wildman–Crippen LogP) is 6.26. The molecule has 0 radical (unpaired) electrons. The maximum absolute atomic E-state index is 13.8. The van der Waals surface area contributed by atoms with Crippen LogP contribution in [0.2, 0.25) is 20.1 Å². The highest BCUT2D eigenvalue weighted by Crippen LogP contribution is 2.48. The van der Waals surface area contributed by atoms with Gasteiger partial charge in [-0.05, 0) is 12.1 Å². The second-order valence-corrected chi connectivity index (χ2v) is 11.8. The van der Waals surface area contributed by atoms with Crippen LogP contribution < -0.4 is 0 Å². The zero-order chi connectivity index (χ0) is 27.4. The van der Waals surface area contributed by atoms with E-state index in [0.29, 0.717) is 0 Å². The van der Waals surface area contributed by atoms with Crippen molar-refractivity contribution in [1.29, 1.82) is 0 Å². The lowest BCUT2D eigenvalue weighted by Crippen LogP contribution is -2.66. The van der Waals surface area contributed by atoms with Crippen molar-refractivity contribution in [1.82, 2.24) is 4.90 Å². The molecule has 0 aromatic heterocycles. The van der Waals surface area contributed by atoms with Crippen molar-refractivity contribution in [3.05, 3.63) is 97.4 Å². The van der Waals surface area contributed by atoms with Gasteiger partial charge in [0.05, 0.1) is 37.8 Å². The van der Waals surface area contributed by atoms with Crippen LogP contribution >= 0.6 is 58.2 Å². The average Bonchev–Trinajstić information content (AvgIpc) is 3.21. The molecular weight excluding hydrogens is 608 g/mol. The Morgan fingerprint density at radius 3 is 1.95 bits per heavy atom. The Bertz CT molecular complexity index is 1400. The summed E-state index contributed by atoms with van der Waals surface area (Å²) in [4.78, 5) is 29.2. The van der Waals surface area contributed by atoms with Gasteiger partial charge in [-0.25, -0.2) is 0 Å². The molecule has 0 aliphatic carbocycles. The lowest BCUT2D eigenvalue weighted by atomic mass is 9.95. The molecule has 3 aliphatic heterocycles. The quantitative estimate of drug-likeness (QED) is 0.208. The molecule has 39 heavy (non-hydrogen) atoms. The van der Waals surface area contributed by atoms with Gasteiger partial charge >= 0.3 is 0 Å². The van der Waals surface area contributed by atoms with Crippen LogP contribution in [0, 0.1) is 0 Å². The first-order valence-electron chi connectivity index (χ1n) is 11.9. The van der Waals surface area contributed by atoms with Crippen molar-refractivity contribution >= 4 is 70.0 Å². The molecule has 3 aromatic rings. The number of imide groups is 1. The van der Waals surface area contributed by atoms with Gasteiger partial charge in [-0.1, -0.05) is 107 Å². The van der Waals surface area contributed by atoms with Crippen molar-refractivity contribution in [2.75, 3.05) is 6.61 Å². The summed E-state index contributed by atoms with van der Waals surface area (Å²) < 4.78 is 18.4. The first kappa shape index (κ1) is 27.3. The summed E-state index contributed by atoms with van der Waals surface area (Å²) in [6.07, 6.45) is -3.69. The average molecular weight is 627 g/mol. The van der Waals surface area contributed by atoms with Gasteiger partial charge in [-0.2, -0.15) is 0 Å². The van der Waals surface area contributed by atoms with E-state index in [9.17, 15) is 14.7 Å². The summed E-state index contributed by atoms with van der Waals surface area (Å²) in [7, 11) is 0. The summed E-state index contributed by atoms with van der Waals surface area (Å²) in [5.41, 5.74) is -0.471. The standard InChI is InChI=1S/C27H19Cl4NO6S/c28-17-15-16(18(29)20(31)19(17)30)25(35)32(24(15)34)21-22(33)23-14(37-27(21)39-13-9-5-2-6-10-13)11-36-26(38-23)12-7-3-1-4-8-12/h1-10,14,21-23,26-27,33H,11H2/t14-,21-,22-,23-,26-,27+/m1/s1. The van der Waals surface area contributed by atoms with Crippen LogP contribution in [0.15, 0.2) is 65.6 Å². The Balaban J connectivity index is 1.39. The smallest absolute Gasteiger partial charge is 0.263 e. The van der Waals surface area contributed by atoms with Gasteiger partial charge in [-0.3, -0.25) is 14.5 Å². The molecule has 12 heteroatoms. The van der Waals surface area contributed by atoms with E-state index in [1.165, 1.54) is 11.8 Å². The van der Waals surface area contributed by atoms with E-state index in [4.69, 9.17) is 60.6 Å². The fourth-order valence-electron chi connectivity index (χ4n) is 5.00. The monoisotopic (exact) mass is 625 g/mol. The van der Waals surface area contributed by atoms with Crippen molar-refractivity contribution in [2.45, 2.75) is 41.0 Å². The van der Waals surface area contributed by atoms with Crippen molar-refractivity contribution in [3.63, 3.8) is 0 Å². The third-order valence-corrected chi connectivity index (χ3v) is 9.80. The zero-order valence-electron chi connectivity index (χ0n) is 19.8.